The molecule has 0 unspecified atom stereocenters. The summed E-state index contributed by atoms with van der Waals surface area (Å²) in [6.07, 6.45) is 0. The van der Waals surface area contributed by atoms with E-state index in [-0.39, 0.29) is 54.5 Å². The fourth-order valence-electron chi connectivity index (χ4n) is 3.48. The first-order valence-electron chi connectivity index (χ1n) is 7.49. The van der Waals surface area contributed by atoms with Gasteiger partial charge < -0.3 is 24.8 Å². The van der Waals surface area contributed by atoms with Crippen molar-refractivity contribution in [3.8, 4) is 0 Å². The third-order valence-corrected chi connectivity index (χ3v) is 7.37. The Bertz CT molecular complexity index is 580. The van der Waals surface area contributed by atoms with E-state index in [0.717, 1.165) is 0 Å². The van der Waals surface area contributed by atoms with Gasteiger partial charge in [-0.1, -0.05) is 68.0 Å². The maximum atomic E-state index is 2.46. The average molecular weight is 406 g/mol. The van der Waals surface area contributed by atoms with Crippen LogP contribution in [0.3, 0.4) is 0 Å². The Hall–Kier alpha value is 0.554. The van der Waals surface area contributed by atoms with Gasteiger partial charge in [0, 0.05) is 0 Å². The zero-order chi connectivity index (χ0) is 15.3. The molecule has 0 heterocycles. The Morgan fingerprint density at radius 3 is 1.65 bits per heavy atom. The molecule has 0 aliphatic rings. The Morgan fingerprint density at radius 2 is 1.26 bits per heavy atom. The van der Waals surface area contributed by atoms with E-state index in [1.807, 2.05) is 0 Å². The Balaban J connectivity index is 0. The van der Waals surface area contributed by atoms with Crippen molar-refractivity contribution in [3.05, 3.63) is 35.4 Å². The minimum Gasteiger partial charge on any atom is -1.00 e. The van der Waals surface area contributed by atoms with E-state index >= 15 is 0 Å². The van der Waals surface area contributed by atoms with Crippen LogP contribution in [0.4, 0.5) is 0 Å². The van der Waals surface area contributed by atoms with Crippen LogP contribution in [0.2, 0.25) is 0 Å². The Labute approximate surface area is 171 Å². The van der Waals surface area contributed by atoms with Gasteiger partial charge in [-0.3, -0.25) is 0 Å². The molecule has 127 valence electrons. The molecule has 0 saturated heterocycles. The van der Waals surface area contributed by atoms with Gasteiger partial charge in [0.05, 0.1) is 0 Å². The molecule has 0 bridgehead atoms. The molecule has 0 atom stereocenters. The largest absolute Gasteiger partial charge is 3.00 e. The maximum absolute atomic E-state index is 2.46. The molecule has 0 aliphatic carbocycles. The van der Waals surface area contributed by atoms with Crippen LogP contribution in [-0.4, -0.2) is 10.3 Å². The fourth-order valence-corrected chi connectivity index (χ4v) is 7.56. The van der Waals surface area contributed by atoms with E-state index in [1.54, 1.807) is 5.30 Å². The van der Waals surface area contributed by atoms with Gasteiger partial charge >= 0.3 is 21.7 Å². The number of hydrogen-bond donors (Lipinski definition) is 0. The Morgan fingerprint density at radius 1 is 0.826 bits per heavy atom. The summed E-state index contributed by atoms with van der Waals surface area (Å²) in [5.74, 6) is 0. The molecule has 0 aromatic heterocycles. The van der Waals surface area contributed by atoms with Crippen LogP contribution < -0.4 is 30.1 Å². The van der Waals surface area contributed by atoms with E-state index < -0.39 is 0 Å². The predicted molar refractivity (Wildman–Crippen MR) is 95.1 cm³/mol. The van der Waals surface area contributed by atoms with Crippen LogP contribution in [0.25, 0.3) is 10.8 Å². The standard InChI is InChI=1S/C19H28P.2ClH.Ti/c1-13-9-10-14(2)17-12-15(11-16(13)17)20(18(3,4)5)19(6,7)8;;;/h9-12H,1-8H3;2*1H;/q-1;;;+3/p-2. The third kappa shape index (κ3) is 5.52. The molecule has 0 saturated carbocycles. The predicted octanol–water partition coefficient (Wildman–Crippen LogP) is -0.115. The second-order valence-corrected chi connectivity index (χ2v) is 11.8. The number of halogens is 2. The first kappa shape index (κ1) is 25.8. The van der Waals surface area contributed by atoms with Gasteiger partial charge in [-0.2, -0.15) is 6.07 Å². The van der Waals surface area contributed by atoms with Crippen LogP contribution in [-0.2, 0) is 21.7 Å². The van der Waals surface area contributed by atoms with Gasteiger partial charge in [0.1, 0.15) is 0 Å². The van der Waals surface area contributed by atoms with E-state index in [0.29, 0.717) is 10.3 Å². The smallest absolute Gasteiger partial charge is 1.00 e. The van der Waals surface area contributed by atoms with Crippen LogP contribution in [0, 0.1) is 13.8 Å². The van der Waals surface area contributed by atoms with Gasteiger partial charge in [0.25, 0.3) is 0 Å². The molecule has 2 rings (SSSR count). The third-order valence-electron chi connectivity index (χ3n) is 3.91. The zero-order valence-corrected chi connectivity index (χ0v) is 19.5. The van der Waals surface area contributed by atoms with Gasteiger partial charge in [-0.05, 0) is 17.2 Å². The molecule has 2 aromatic carbocycles. The first-order chi connectivity index (χ1) is 9.01. The minimum atomic E-state index is -0.209. The van der Waals surface area contributed by atoms with E-state index in [9.17, 15) is 0 Å². The molecule has 0 amide bonds. The molecular weight excluding hydrogens is 378 g/mol. The van der Waals surface area contributed by atoms with Crippen molar-refractivity contribution < 1.29 is 46.5 Å². The van der Waals surface area contributed by atoms with Crippen molar-refractivity contribution in [2.24, 2.45) is 0 Å². The number of benzene rings is 1. The van der Waals surface area contributed by atoms with Crippen LogP contribution in [0.1, 0.15) is 52.7 Å². The molecule has 0 aliphatic heterocycles. The second-order valence-electron chi connectivity index (χ2n) is 7.92. The summed E-state index contributed by atoms with van der Waals surface area (Å²) >= 11 is 0. The van der Waals surface area contributed by atoms with Crippen LogP contribution >= 0.6 is 7.92 Å². The fraction of sp³-hybridized carbons (Fsp3) is 0.526. The molecular formula is C19H28Cl2PTi. The second kappa shape index (κ2) is 8.78. The van der Waals surface area contributed by atoms with Gasteiger partial charge in [0.2, 0.25) is 0 Å². The molecule has 1 radical (unpaired) electrons. The van der Waals surface area contributed by atoms with Crippen molar-refractivity contribution in [2.75, 3.05) is 0 Å². The molecule has 0 N–H and O–H groups in total. The summed E-state index contributed by atoms with van der Waals surface area (Å²) in [6.45, 7) is 18.8. The number of fused-ring (bicyclic) bond motifs is 1. The van der Waals surface area contributed by atoms with Gasteiger partial charge in [-0.15, -0.1) is 33.8 Å². The van der Waals surface area contributed by atoms with Crippen molar-refractivity contribution in [2.45, 2.75) is 65.7 Å². The van der Waals surface area contributed by atoms with E-state index in [1.165, 1.54) is 21.9 Å². The maximum Gasteiger partial charge on any atom is 3.00 e. The molecule has 23 heavy (non-hydrogen) atoms. The average Bonchev–Trinajstić information content (AvgIpc) is 2.64. The monoisotopic (exact) mass is 405 g/mol. The van der Waals surface area contributed by atoms with Crippen molar-refractivity contribution in [3.63, 3.8) is 0 Å². The molecule has 2 aromatic rings. The van der Waals surface area contributed by atoms with Crippen LogP contribution in [0.15, 0.2) is 24.3 Å². The summed E-state index contributed by atoms with van der Waals surface area (Å²) in [5, 5.41) is 5.12. The van der Waals surface area contributed by atoms with Crippen LogP contribution in [0.5, 0.6) is 0 Å². The van der Waals surface area contributed by atoms with Crippen molar-refractivity contribution in [1.82, 2.24) is 0 Å². The Kier molecular flexibility index (Phi) is 9.84. The van der Waals surface area contributed by atoms with E-state index in [4.69, 9.17) is 0 Å². The van der Waals surface area contributed by atoms with Gasteiger partial charge in [0.15, 0.2) is 0 Å². The first-order valence-corrected chi connectivity index (χ1v) is 8.83. The van der Waals surface area contributed by atoms with E-state index in [2.05, 4.69) is 79.7 Å². The summed E-state index contributed by atoms with van der Waals surface area (Å²) in [4.78, 5) is 0. The molecule has 0 fully saturated rings. The SMILES string of the molecule is Cc1ccc(C)c2[cH-]c(P(C(C)(C)C)C(C)(C)C)cc12.[Cl-].[Cl-].[Ti+3]. The molecule has 4 heteroatoms. The summed E-state index contributed by atoms with van der Waals surface area (Å²) in [6, 6.07) is 9.41. The summed E-state index contributed by atoms with van der Waals surface area (Å²) in [7, 11) is -0.209. The quantitative estimate of drug-likeness (QED) is 0.352. The molecule has 0 spiro atoms. The van der Waals surface area contributed by atoms with Crippen molar-refractivity contribution >= 4 is 24.0 Å². The normalized spacial score (nSPS) is 11.7. The molecule has 0 nitrogen and oxygen atoms in total. The zero-order valence-electron chi connectivity index (χ0n) is 15.5. The van der Waals surface area contributed by atoms with Gasteiger partial charge in [-0.25, -0.2) is 0 Å². The topological polar surface area (TPSA) is 0 Å². The summed E-state index contributed by atoms with van der Waals surface area (Å²) in [5.41, 5.74) is 2.80. The van der Waals surface area contributed by atoms with Crippen molar-refractivity contribution in [1.29, 1.82) is 0 Å². The number of hydrogen-bond acceptors (Lipinski definition) is 0. The summed E-state index contributed by atoms with van der Waals surface area (Å²) < 4.78 is 0. The number of aryl methyl sites for hydroxylation is 2. The minimum absolute atomic E-state index is 0. The number of rotatable bonds is 1.